The zero-order chi connectivity index (χ0) is 11.4. The number of hydrogen-bond donors (Lipinski definition) is 1. The van der Waals surface area contributed by atoms with Crippen LogP contribution in [0.3, 0.4) is 0 Å². The summed E-state index contributed by atoms with van der Waals surface area (Å²) in [5.41, 5.74) is 0.649. The molecule has 0 radical (unpaired) electrons. The van der Waals surface area contributed by atoms with E-state index in [0.717, 1.165) is 0 Å². The molecule has 2 rings (SSSR count). The van der Waals surface area contributed by atoms with Gasteiger partial charge in [0.1, 0.15) is 0 Å². The predicted octanol–water partition coefficient (Wildman–Crippen LogP) is 1.61. The monoisotopic (exact) mass is 263 g/mol. The van der Waals surface area contributed by atoms with Crippen LogP contribution in [0, 0.1) is 0 Å². The largest absolute Gasteiger partial charge is 0.380 e. The van der Waals surface area contributed by atoms with E-state index < -0.39 is 0 Å². The second-order valence-electron chi connectivity index (χ2n) is 3.32. The second-order valence-corrected chi connectivity index (χ2v) is 4.07. The first-order chi connectivity index (χ1) is 7.75. The zero-order valence-electron chi connectivity index (χ0n) is 8.45. The highest BCUT2D eigenvalue weighted by molar-refractivity contribution is 6.33. The maximum atomic E-state index is 5.85. The quantitative estimate of drug-likeness (QED) is 0.898. The molecule has 1 aliphatic rings. The Morgan fingerprint density at radius 3 is 3.00 bits per heavy atom. The summed E-state index contributed by atoms with van der Waals surface area (Å²) in [6.45, 7) is 2.45. The van der Waals surface area contributed by atoms with Crippen molar-refractivity contribution in [2.45, 2.75) is 6.10 Å². The first-order valence-electron chi connectivity index (χ1n) is 4.87. The minimum atomic E-state index is 0.0248. The van der Waals surface area contributed by atoms with E-state index >= 15 is 0 Å². The van der Waals surface area contributed by atoms with Gasteiger partial charge in [0.15, 0.2) is 10.3 Å². The molecule has 1 fully saturated rings. The molecule has 0 spiro atoms. The van der Waals surface area contributed by atoms with Crippen LogP contribution in [-0.2, 0) is 9.47 Å². The minimum absolute atomic E-state index is 0.0248. The molecule has 1 N–H and O–H groups in total. The van der Waals surface area contributed by atoms with Gasteiger partial charge in [0, 0.05) is 12.6 Å². The van der Waals surface area contributed by atoms with Gasteiger partial charge >= 0.3 is 0 Å². The molecule has 0 aromatic carbocycles. The van der Waals surface area contributed by atoms with Crippen molar-refractivity contribution in [3.05, 3.63) is 16.4 Å². The molecule has 2 heterocycles. The summed E-state index contributed by atoms with van der Waals surface area (Å²) >= 11 is 11.6. The van der Waals surface area contributed by atoms with Gasteiger partial charge in [-0.05, 0) is 0 Å². The average molecular weight is 264 g/mol. The van der Waals surface area contributed by atoms with Crippen LogP contribution in [0.25, 0.3) is 0 Å². The first kappa shape index (κ1) is 11.9. The third kappa shape index (κ3) is 3.18. The highest BCUT2D eigenvalue weighted by Crippen LogP contribution is 2.20. The van der Waals surface area contributed by atoms with E-state index in [2.05, 4.69) is 15.5 Å². The number of anilines is 1. The van der Waals surface area contributed by atoms with Crippen molar-refractivity contribution in [2.24, 2.45) is 0 Å². The molecule has 1 aromatic rings. The standard InChI is InChI=1S/C9H11Cl2N3O2/c10-8-3-7(9(11)14-13-8)12-4-6-5-15-1-2-16-6/h3,6H,1-2,4-5H2,(H,12,13). The Balaban J connectivity index is 1.90. The summed E-state index contributed by atoms with van der Waals surface area (Å²) in [4.78, 5) is 0. The lowest BCUT2D eigenvalue weighted by molar-refractivity contribution is -0.0818. The van der Waals surface area contributed by atoms with Crippen LogP contribution in [0.1, 0.15) is 0 Å². The lowest BCUT2D eigenvalue weighted by Crippen LogP contribution is -2.34. The average Bonchev–Trinajstić information content (AvgIpc) is 2.32. The molecular weight excluding hydrogens is 253 g/mol. The number of nitrogens with zero attached hydrogens (tertiary/aromatic N) is 2. The molecule has 1 unspecified atom stereocenters. The second kappa shape index (κ2) is 5.63. The topological polar surface area (TPSA) is 56.3 Å². The Morgan fingerprint density at radius 2 is 2.25 bits per heavy atom. The van der Waals surface area contributed by atoms with E-state index in [1.165, 1.54) is 0 Å². The molecule has 0 amide bonds. The molecule has 0 bridgehead atoms. The van der Waals surface area contributed by atoms with Crippen molar-refractivity contribution in [1.29, 1.82) is 0 Å². The third-order valence-corrected chi connectivity index (χ3v) is 2.59. The number of nitrogens with one attached hydrogen (secondary N) is 1. The fraction of sp³-hybridized carbons (Fsp3) is 0.556. The molecule has 5 nitrogen and oxygen atoms in total. The lowest BCUT2D eigenvalue weighted by Gasteiger charge is -2.23. The normalized spacial score (nSPS) is 20.8. The molecule has 1 aliphatic heterocycles. The molecule has 1 aromatic heterocycles. The van der Waals surface area contributed by atoms with E-state index in [4.69, 9.17) is 32.7 Å². The van der Waals surface area contributed by atoms with Crippen molar-refractivity contribution in [1.82, 2.24) is 10.2 Å². The van der Waals surface area contributed by atoms with Crippen LogP contribution in [0.15, 0.2) is 6.07 Å². The zero-order valence-corrected chi connectivity index (χ0v) is 9.96. The smallest absolute Gasteiger partial charge is 0.174 e. The van der Waals surface area contributed by atoms with Gasteiger partial charge in [0.05, 0.1) is 31.6 Å². The van der Waals surface area contributed by atoms with Crippen LogP contribution in [0.4, 0.5) is 5.69 Å². The van der Waals surface area contributed by atoms with Gasteiger partial charge < -0.3 is 14.8 Å². The summed E-state index contributed by atoms with van der Waals surface area (Å²) in [6.07, 6.45) is 0.0248. The number of hydrogen-bond acceptors (Lipinski definition) is 5. The molecule has 1 saturated heterocycles. The number of rotatable bonds is 3. The van der Waals surface area contributed by atoms with Gasteiger partial charge in [-0.25, -0.2) is 0 Å². The van der Waals surface area contributed by atoms with Crippen molar-refractivity contribution in [3.8, 4) is 0 Å². The predicted molar refractivity (Wildman–Crippen MR) is 61.1 cm³/mol. The molecular formula is C9H11Cl2N3O2. The van der Waals surface area contributed by atoms with E-state index in [9.17, 15) is 0 Å². The summed E-state index contributed by atoms with van der Waals surface area (Å²) in [5.74, 6) is 0. The van der Waals surface area contributed by atoms with E-state index in [-0.39, 0.29) is 6.10 Å². The molecule has 1 atom stereocenters. The van der Waals surface area contributed by atoms with Crippen LogP contribution < -0.4 is 5.32 Å². The Hall–Kier alpha value is -0.620. The number of aromatic nitrogens is 2. The van der Waals surface area contributed by atoms with Crippen LogP contribution in [0.2, 0.25) is 10.3 Å². The van der Waals surface area contributed by atoms with E-state index in [1.54, 1.807) is 6.07 Å². The van der Waals surface area contributed by atoms with Gasteiger partial charge in [-0.3, -0.25) is 0 Å². The Morgan fingerprint density at radius 1 is 1.38 bits per heavy atom. The minimum Gasteiger partial charge on any atom is -0.380 e. The first-order valence-corrected chi connectivity index (χ1v) is 5.63. The van der Waals surface area contributed by atoms with Crippen LogP contribution in [0.5, 0.6) is 0 Å². The fourth-order valence-electron chi connectivity index (χ4n) is 1.36. The molecule has 7 heteroatoms. The van der Waals surface area contributed by atoms with Crippen molar-refractivity contribution >= 4 is 28.9 Å². The SMILES string of the molecule is Clc1cc(NCC2COCCO2)c(Cl)nn1. The van der Waals surface area contributed by atoms with Crippen LogP contribution >= 0.6 is 23.2 Å². The van der Waals surface area contributed by atoms with E-state index in [1.807, 2.05) is 0 Å². The molecule has 0 aliphatic carbocycles. The molecule has 16 heavy (non-hydrogen) atoms. The molecule has 88 valence electrons. The summed E-state index contributed by atoms with van der Waals surface area (Å²) in [7, 11) is 0. The maximum absolute atomic E-state index is 5.85. The van der Waals surface area contributed by atoms with Crippen molar-refractivity contribution < 1.29 is 9.47 Å². The number of ether oxygens (including phenoxy) is 2. The van der Waals surface area contributed by atoms with Crippen molar-refractivity contribution in [3.63, 3.8) is 0 Å². The fourth-order valence-corrected chi connectivity index (χ4v) is 1.66. The highest BCUT2D eigenvalue weighted by atomic mass is 35.5. The van der Waals surface area contributed by atoms with Crippen LogP contribution in [-0.4, -0.2) is 42.7 Å². The molecule has 0 saturated carbocycles. The van der Waals surface area contributed by atoms with E-state index in [0.29, 0.717) is 42.4 Å². The van der Waals surface area contributed by atoms with Gasteiger partial charge in [-0.2, -0.15) is 0 Å². The highest BCUT2D eigenvalue weighted by Gasteiger charge is 2.14. The third-order valence-electron chi connectivity index (χ3n) is 2.12. The van der Waals surface area contributed by atoms with Gasteiger partial charge in [0.2, 0.25) is 0 Å². The van der Waals surface area contributed by atoms with Gasteiger partial charge in [-0.1, -0.05) is 23.2 Å². The Kier molecular flexibility index (Phi) is 4.17. The number of halogens is 2. The van der Waals surface area contributed by atoms with Gasteiger partial charge in [-0.15, -0.1) is 10.2 Å². The summed E-state index contributed by atoms with van der Waals surface area (Å²) in [5, 5.41) is 11.0. The maximum Gasteiger partial charge on any atom is 0.174 e. The summed E-state index contributed by atoms with van der Waals surface area (Å²) < 4.78 is 10.7. The Bertz CT molecular complexity index is 359. The summed E-state index contributed by atoms with van der Waals surface area (Å²) in [6, 6.07) is 1.63. The lowest BCUT2D eigenvalue weighted by atomic mass is 10.3. The van der Waals surface area contributed by atoms with Crippen molar-refractivity contribution in [2.75, 3.05) is 31.7 Å². The Labute approximate surface area is 103 Å². The van der Waals surface area contributed by atoms with Gasteiger partial charge in [0.25, 0.3) is 0 Å².